The summed E-state index contributed by atoms with van der Waals surface area (Å²) in [6, 6.07) is 8.83. The normalized spacial score (nSPS) is 10.5. The van der Waals surface area contributed by atoms with E-state index in [1.807, 2.05) is 32.0 Å². The average molecular weight is 458 g/mol. The molecule has 1 heterocycles. The number of carbonyl (C=O) groups excluding carboxylic acids is 2. The van der Waals surface area contributed by atoms with Crippen molar-refractivity contribution in [2.75, 3.05) is 32.4 Å². The Morgan fingerprint density at radius 2 is 1.75 bits per heavy atom. The predicted octanol–water partition coefficient (Wildman–Crippen LogP) is 2.81. The first-order valence-electron chi connectivity index (χ1n) is 9.51. The van der Waals surface area contributed by atoms with E-state index in [9.17, 15) is 9.59 Å². The predicted molar refractivity (Wildman–Crippen MR) is 119 cm³/mol. The summed E-state index contributed by atoms with van der Waals surface area (Å²) < 4.78 is 16.9. The van der Waals surface area contributed by atoms with Crippen molar-refractivity contribution >= 4 is 29.3 Å². The van der Waals surface area contributed by atoms with Gasteiger partial charge in [0.15, 0.2) is 11.5 Å². The van der Waals surface area contributed by atoms with Gasteiger partial charge in [0, 0.05) is 12.1 Å². The summed E-state index contributed by atoms with van der Waals surface area (Å²) in [5, 5.41) is 14.9. The van der Waals surface area contributed by atoms with E-state index in [2.05, 4.69) is 20.8 Å². The second-order valence-corrected chi connectivity index (χ2v) is 7.67. The van der Waals surface area contributed by atoms with E-state index in [0.717, 1.165) is 16.8 Å². The molecule has 0 aliphatic heterocycles. The molecule has 1 N–H and O–H groups in total. The Kier molecular flexibility index (Phi) is 7.31. The molecule has 1 amide bonds. The summed E-state index contributed by atoms with van der Waals surface area (Å²) in [4.78, 5) is 24.8. The second-order valence-electron chi connectivity index (χ2n) is 6.72. The van der Waals surface area contributed by atoms with Gasteiger partial charge in [-0.15, -0.1) is 5.10 Å². The van der Waals surface area contributed by atoms with Gasteiger partial charge in [-0.05, 0) is 47.5 Å². The van der Waals surface area contributed by atoms with Crippen LogP contribution in [0.2, 0.25) is 0 Å². The lowest BCUT2D eigenvalue weighted by Crippen LogP contribution is -2.18. The second kappa shape index (κ2) is 10.1. The Morgan fingerprint density at radius 3 is 2.41 bits per heavy atom. The zero-order valence-electron chi connectivity index (χ0n) is 18.3. The smallest absolute Gasteiger partial charge is 0.340 e. The van der Waals surface area contributed by atoms with Crippen LogP contribution in [0, 0.1) is 13.8 Å². The highest BCUT2D eigenvalue weighted by Gasteiger charge is 2.20. The van der Waals surface area contributed by atoms with E-state index in [4.69, 9.17) is 14.2 Å². The van der Waals surface area contributed by atoms with Crippen molar-refractivity contribution in [1.82, 2.24) is 20.2 Å². The first-order chi connectivity index (χ1) is 15.4. The molecule has 3 rings (SSSR count). The molecule has 1 aromatic heterocycles. The lowest BCUT2D eigenvalue weighted by atomic mass is 10.1. The number of rotatable bonds is 8. The minimum atomic E-state index is -0.618. The van der Waals surface area contributed by atoms with Crippen LogP contribution < -0.4 is 14.8 Å². The van der Waals surface area contributed by atoms with Crippen molar-refractivity contribution < 1.29 is 23.8 Å². The average Bonchev–Trinajstić information content (AvgIpc) is 3.27. The van der Waals surface area contributed by atoms with Gasteiger partial charge in [-0.1, -0.05) is 17.8 Å². The van der Waals surface area contributed by atoms with E-state index in [-0.39, 0.29) is 22.9 Å². The topological polar surface area (TPSA) is 117 Å². The number of carbonyl (C=O) groups is 2. The number of aryl methyl sites for hydroxylation is 2. The number of benzene rings is 2. The maximum Gasteiger partial charge on any atom is 0.340 e. The van der Waals surface area contributed by atoms with Crippen molar-refractivity contribution in [3.8, 4) is 17.2 Å². The zero-order chi connectivity index (χ0) is 23.3. The molecule has 168 valence electrons. The number of esters is 1. The number of ether oxygens (including phenoxy) is 3. The maximum atomic E-state index is 12.6. The van der Waals surface area contributed by atoms with E-state index in [1.54, 1.807) is 4.68 Å². The van der Waals surface area contributed by atoms with Gasteiger partial charge in [-0.25, -0.2) is 4.79 Å². The van der Waals surface area contributed by atoms with Crippen LogP contribution in [0.25, 0.3) is 5.69 Å². The van der Waals surface area contributed by atoms with Gasteiger partial charge in [-0.2, -0.15) is 4.68 Å². The Hall–Kier alpha value is -3.60. The van der Waals surface area contributed by atoms with Gasteiger partial charge in [0.1, 0.15) is 0 Å². The van der Waals surface area contributed by atoms with Crippen molar-refractivity contribution in [1.29, 1.82) is 0 Å². The van der Waals surface area contributed by atoms with E-state index in [0.29, 0.717) is 16.7 Å². The third kappa shape index (κ3) is 4.99. The lowest BCUT2D eigenvalue weighted by molar-refractivity contribution is -0.113. The third-order valence-corrected chi connectivity index (χ3v) is 5.63. The molecule has 0 fully saturated rings. The summed E-state index contributed by atoms with van der Waals surface area (Å²) in [6.07, 6.45) is 0. The molecule has 3 aromatic rings. The minimum Gasteiger partial charge on any atom is -0.493 e. The SMILES string of the molecule is COC(=O)c1cc(OC)c(OC)cc1NC(=O)CSc1nnnn1-c1ccc(C)c(C)c1. The number of nitrogens with one attached hydrogen (secondary N) is 1. The summed E-state index contributed by atoms with van der Waals surface area (Å²) in [6.45, 7) is 4.03. The highest BCUT2D eigenvalue weighted by Crippen LogP contribution is 2.34. The van der Waals surface area contributed by atoms with E-state index >= 15 is 0 Å². The zero-order valence-corrected chi connectivity index (χ0v) is 19.1. The first-order valence-corrected chi connectivity index (χ1v) is 10.5. The largest absolute Gasteiger partial charge is 0.493 e. The molecular weight excluding hydrogens is 434 g/mol. The molecule has 0 saturated carbocycles. The van der Waals surface area contributed by atoms with Crippen LogP contribution in [-0.2, 0) is 9.53 Å². The van der Waals surface area contributed by atoms with Crippen LogP contribution in [0.15, 0.2) is 35.5 Å². The molecule has 32 heavy (non-hydrogen) atoms. The third-order valence-electron chi connectivity index (χ3n) is 4.71. The molecule has 0 saturated heterocycles. The number of nitrogens with zero attached hydrogens (tertiary/aromatic N) is 4. The fourth-order valence-corrected chi connectivity index (χ4v) is 3.56. The molecule has 2 aromatic carbocycles. The Labute approximate surface area is 189 Å². The molecule has 0 atom stereocenters. The lowest BCUT2D eigenvalue weighted by Gasteiger charge is -2.14. The molecular formula is C21H23N5O5S. The van der Waals surface area contributed by atoms with Gasteiger partial charge in [0.05, 0.1) is 44.0 Å². The Balaban J connectivity index is 1.77. The summed E-state index contributed by atoms with van der Waals surface area (Å²) >= 11 is 1.17. The molecule has 0 bridgehead atoms. The van der Waals surface area contributed by atoms with Crippen molar-refractivity contribution in [2.24, 2.45) is 0 Å². The summed E-state index contributed by atoms with van der Waals surface area (Å²) in [7, 11) is 4.17. The highest BCUT2D eigenvalue weighted by atomic mass is 32.2. The Morgan fingerprint density at radius 1 is 1.03 bits per heavy atom. The minimum absolute atomic E-state index is 0.0141. The van der Waals surface area contributed by atoms with Gasteiger partial charge in [0.2, 0.25) is 11.1 Å². The van der Waals surface area contributed by atoms with E-state index in [1.165, 1.54) is 45.2 Å². The fraction of sp³-hybridized carbons (Fsp3) is 0.286. The standard InChI is InChI=1S/C21H23N5O5S/c1-12-6-7-14(8-13(12)2)26-21(23-24-25-26)32-11-19(27)22-16-10-18(30-4)17(29-3)9-15(16)20(28)31-5/h6-10H,11H2,1-5H3,(H,22,27). The van der Waals surface area contributed by atoms with Gasteiger partial charge < -0.3 is 19.5 Å². The van der Waals surface area contributed by atoms with Crippen LogP contribution in [-0.4, -0.2) is 59.2 Å². The number of hydrogen-bond acceptors (Lipinski definition) is 9. The summed E-state index contributed by atoms with van der Waals surface area (Å²) in [5.41, 5.74) is 3.45. The quantitative estimate of drug-likeness (QED) is 0.402. The monoisotopic (exact) mass is 457 g/mol. The van der Waals surface area contributed by atoms with Gasteiger partial charge >= 0.3 is 5.97 Å². The number of anilines is 1. The molecule has 0 spiro atoms. The van der Waals surface area contributed by atoms with Crippen LogP contribution in [0.5, 0.6) is 11.5 Å². The van der Waals surface area contributed by atoms with Crippen LogP contribution in [0.4, 0.5) is 5.69 Å². The van der Waals surface area contributed by atoms with Crippen LogP contribution in [0.1, 0.15) is 21.5 Å². The van der Waals surface area contributed by atoms with Crippen molar-refractivity contribution in [3.05, 3.63) is 47.0 Å². The number of methoxy groups -OCH3 is 3. The highest BCUT2D eigenvalue weighted by molar-refractivity contribution is 7.99. The number of hydrogen-bond donors (Lipinski definition) is 1. The van der Waals surface area contributed by atoms with Crippen LogP contribution >= 0.6 is 11.8 Å². The molecule has 0 aliphatic rings. The molecule has 0 radical (unpaired) electrons. The fourth-order valence-electron chi connectivity index (χ4n) is 2.87. The van der Waals surface area contributed by atoms with Crippen LogP contribution in [0.3, 0.4) is 0 Å². The van der Waals surface area contributed by atoms with Crippen molar-refractivity contribution in [2.45, 2.75) is 19.0 Å². The number of tetrazole rings is 1. The number of thioether (sulfide) groups is 1. The molecule has 0 aliphatic carbocycles. The van der Waals surface area contributed by atoms with Gasteiger partial charge in [-0.3, -0.25) is 4.79 Å². The number of aromatic nitrogens is 4. The molecule has 0 unspecified atom stereocenters. The molecule has 11 heteroatoms. The Bertz CT molecular complexity index is 1150. The first kappa shape index (κ1) is 23.1. The number of amides is 1. The van der Waals surface area contributed by atoms with Crippen molar-refractivity contribution in [3.63, 3.8) is 0 Å². The van der Waals surface area contributed by atoms with Gasteiger partial charge in [0.25, 0.3) is 0 Å². The maximum absolute atomic E-state index is 12.6. The molecule has 10 nitrogen and oxygen atoms in total. The van der Waals surface area contributed by atoms with E-state index < -0.39 is 5.97 Å². The summed E-state index contributed by atoms with van der Waals surface area (Å²) in [5.74, 6) is -0.260.